The van der Waals surface area contributed by atoms with Gasteiger partial charge >= 0.3 is 0 Å². The maximum absolute atomic E-state index is 4.69. The van der Waals surface area contributed by atoms with Gasteiger partial charge in [-0.1, -0.05) is 75.3 Å². The predicted octanol–water partition coefficient (Wildman–Crippen LogP) is 7.99. The van der Waals surface area contributed by atoms with Gasteiger partial charge in [-0.05, 0) is 48.9 Å². The van der Waals surface area contributed by atoms with E-state index in [1.54, 1.807) is 0 Å². The molecule has 0 radical (unpaired) electrons. The number of aromatic nitrogens is 1. The normalized spacial score (nSPS) is 20.7. The van der Waals surface area contributed by atoms with Crippen molar-refractivity contribution in [3.05, 3.63) is 82.9 Å². The van der Waals surface area contributed by atoms with Crippen molar-refractivity contribution in [2.45, 2.75) is 77.3 Å². The number of anilines is 1. The summed E-state index contributed by atoms with van der Waals surface area (Å²) in [5.74, 6) is 0. The number of pyridine rings is 1. The molecule has 2 unspecified atom stereocenters. The summed E-state index contributed by atoms with van der Waals surface area (Å²) in [5, 5.41) is 12.6. The van der Waals surface area contributed by atoms with Crippen LogP contribution in [0.2, 0.25) is 0 Å². The molecular weight excluding hydrogens is 448 g/mol. The molecular formula is C30H37N4S+. The summed E-state index contributed by atoms with van der Waals surface area (Å²) in [4.78, 5) is 1.44. The average molecular weight is 486 g/mol. The number of hydrogen-bond acceptors (Lipinski definition) is 4. The summed E-state index contributed by atoms with van der Waals surface area (Å²) in [6.45, 7) is 13.2. The summed E-state index contributed by atoms with van der Waals surface area (Å²) < 4.78 is 2.42. The Labute approximate surface area is 214 Å². The molecule has 0 saturated heterocycles. The van der Waals surface area contributed by atoms with Crippen molar-refractivity contribution in [1.82, 2.24) is 0 Å². The Morgan fingerprint density at radius 1 is 1.14 bits per heavy atom. The van der Waals surface area contributed by atoms with E-state index in [0.29, 0.717) is 0 Å². The van der Waals surface area contributed by atoms with Crippen LogP contribution in [0.3, 0.4) is 0 Å². The fourth-order valence-electron chi connectivity index (χ4n) is 5.61. The zero-order valence-corrected chi connectivity index (χ0v) is 22.2. The van der Waals surface area contributed by atoms with Crippen LogP contribution in [0.5, 0.6) is 0 Å². The van der Waals surface area contributed by atoms with Crippen LogP contribution < -0.4 is 9.58 Å². The molecule has 0 N–H and O–H groups in total. The van der Waals surface area contributed by atoms with Crippen LogP contribution in [0, 0.1) is 0 Å². The molecule has 2 aromatic heterocycles. The van der Waals surface area contributed by atoms with Crippen LogP contribution >= 0.6 is 11.3 Å². The van der Waals surface area contributed by atoms with E-state index in [2.05, 4.69) is 96.9 Å². The van der Waals surface area contributed by atoms with Crippen LogP contribution in [-0.2, 0) is 18.4 Å². The number of aryl methyl sites for hydroxylation is 1. The van der Waals surface area contributed by atoms with E-state index in [0.717, 1.165) is 38.8 Å². The number of unbranched alkanes of at least 4 members (excludes halogenated alkanes) is 1. The van der Waals surface area contributed by atoms with E-state index in [1.165, 1.54) is 50.7 Å². The number of nitrogens with zero attached hydrogens (tertiary/aromatic N) is 4. The number of allylic oxidation sites excluding steroid dienone is 1. The number of fused-ring (bicyclic) bond motifs is 3. The Morgan fingerprint density at radius 3 is 2.83 bits per heavy atom. The van der Waals surface area contributed by atoms with Crippen LogP contribution in [-0.4, -0.2) is 6.54 Å². The van der Waals surface area contributed by atoms with Gasteiger partial charge in [-0.3, -0.25) is 0 Å². The summed E-state index contributed by atoms with van der Waals surface area (Å²) in [6.07, 6.45) is 9.03. The molecule has 4 nitrogen and oxygen atoms in total. The van der Waals surface area contributed by atoms with Crippen molar-refractivity contribution in [1.29, 1.82) is 0 Å². The van der Waals surface area contributed by atoms with Gasteiger partial charge in [0.1, 0.15) is 11.0 Å². The van der Waals surface area contributed by atoms with Gasteiger partial charge < -0.3 is 0 Å². The van der Waals surface area contributed by atoms with E-state index in [1.807, 2.05) is 11.3 Å². The van der Waals surface area contributed by atoms with Crippen LogP contribution in [0.1, 0.15) is 74.9 Å². The molecule has 182 valence electrons. The van der Waals surface area contributed by atoms with Crippen molar-refractivity contribution < 1.29 is 4.57 Å². The smallest absolute Gasteiger partial charge is 0.213 e. The van der Waals surface area contributed by atoms with Crippen molar-refractivity contribution in [3.63, 3.8) is 0 Å². The minimum atomic E-state index is -0.0306. The fraction of sp³-hybridized carbons (Fsp3) is 0.433. The second-order valence-electron chi connectivity index (χ2n) is 9.98. The second-order valence-corrected chi connectivity index (χ2v) is 11.0. The van der Waals surface area contributed by atoms with Gasteiger partial charge in [0, 0.05) is 17.0 Å². The molecule has 4 heterocycles. The van der Waals surface area contributed by atoms with Crippen LogP contribution in [0.25, 0.3) is 11.3 Å². The highest BCUT2D eigenvalue weighted by Crippen LogP contribution is 2.51. The van der Waals surface area contributed by atoms with Crippen molar-refractivity contribution in [2.24, 2.45) is 10.3 Å². The van der Waals surface area contributed by atoms with E-state index in [4.69, 9.17) is 5.11 Å². The lowest BCUT2D eigenvalue weighted by atomic mass is 9.72. The molecule has 0 aliphatic carbocycles. The van der Waals surface area contributed by atoms with Gasteiger partial charge in [0.05, 0.1) is 17.5 Å². The Hall–Kier alpha value is -2.79. The highest BCUT2D eigenvalue weighted by molar-refractivity contribution is 7.16. The van der Waals surface area contributed by atoms with Crippen molar-refractivity contribution >= 4 is 16.3 Å². The van der Waals surface area contributed by atoms with Gasteiger partial charge in [0.25, 0.3) is 0 Å². The SMILES string of the molecule is C=C(CCC)C1(CC)C[n+]2ccccc2-c2cc(N3CC(c4cccc(CCCC)c4)N=N3)sc21. The molecule has 1 aromatic carbocycles. The number of benzene rings is 1. The molecule has 3 aromatic rings. The topological polar surface area (TPSA) is 31.8 Å². The lowest BCUT2D eigenvalue weighted by Gasteiger charge is -2.35. The molecule has 5 rings (SSSR count). The molecule has 2 atom stereocenters. The minimum Gasteiger partial charge on any atom is -0.235 e. The first-order valence-corrected chi connectivity index (χ1v) is 14.0. The Bertz CT molecular complexity index is 1240. The Kier molecular flexibility index (Phi) is 6.88. The average Bonchev–Trinajstić information content (AvgIpc) is 3.55. The molecule has 2 aliphatic rings. The standard InChI is InChI=1S/C30H37N4S/c1-5-8-13-23-14-11-15-24(18-23)26-20-34(32-31-26)28-19-25-27-16-9-10-17-33(27)21-30(7-3,29(25)35-28)22(4)12-6-2/h9-11,14-19,26H,4-8,12-13,20-21H2,1-3H3/q+1. The Morgan fingerprint density at radius 2 is 2.03 bits per heavy atom. The van der Waals surface area contributed by atoms with Crippen LogP contribution in [0.15, 0.2) is 77.2 Å². The van der Waals surface area contributed by atoms with Gasteiger partial charge in [-0.2, -0.15) is 9.68 Å². The lowest BCUT2D eigenvalue weighted by Crippen LogP contribution is -2.50. The van der Waals surface area contributed by atoms with Crippen molar-refractivity contribution in [2.75, 3.05) is 11.6 Å². The fourth-order valence-corrected chi connectivity index (χ4v) is 7.04. The largest absolute Gasteiger partial charge is 0.235 e. The molecule has 0 fully saturated rings. The second kappa shape index (κ2) is 10.1. The number of thiophene rings is 1. The van der Waals surface area contributed by atoms with E-state index in [9.17, 15) is 0 Å². The van der Waals surface area contributed by atoms with E-state index < -0.39 is 0 Å². The zero-order valence-electron chi connectivity index (χ0n) is 21.3. The predicted molar refractivity (Wildman–Crippen MR) is 146 cm³/mol. The van der Waals surface area contributed by atoms with Gasteiger partial charge in [0.15, 0.2) is 12.7 Å². The lowest BCUT2D eigenvalue weighted by molar-refractivity contribution is -0.695. The highest BCUT2D eigenvalue weighted by Gasteiger charge is 2.46. The van der Waals surface area contributed by atoms with Gasteiger partial charge in [0.2, 0.25) is 5.69 Å². The summed E-state index contributed by atoms with van der Waals surface area (Å²) in [7, 11) is 0. The van der Waals surface area contributed by atoms with E-state index >= 15 is 0 Å². The maximum atomic E-state index is 4.69. The molecule has 0 bridgehead atoms. The molecule has 0 amide bonds. The maximum Gasteiger partial charge on any atom is 0.213 e. The third-order valence-electron chi connectivity index (χ3n) is 7.70. The molecule has 0 saturated carbocycles. The van der Waals surface area contributed by atoms with Crippen LogP contribution in [0.4, 0.5) is 5.00 Å². The Balaban J connectivity index is 1.47. The first-order chi connectivity index (χ1) is 17.1. The van der Waals surface area contributed by atoms with Gasteiger partial charge in [-0.15, -0.1) is 11.3 Å². The molecule has 0 spiro atoms. The summed E-state index contributed by atoms with van der Waals surface area (Å²) in [5.41, 5.74) is 6.61. The van der Waals surface area contributed by atoms with Crippen molar-refractivity contribution in [3.8, 4) is 11.3 Å². The monoisotopic (exact) mass is 485 g/mol. The summed E-state index contributed by atoms with van der Waals surface area (Å²) >= 11 is 1.89. The first-order valence-electron chi connectivity index (χ1n) is 13.2. The molecule has 5 heteroatoms. The quantitative estimate of drug-likeness (QED) is 0.223. The minimum absolute atomic E-state index is 0.0306. The molecule has 35 heavy (non-hydrogen) atoms. The van der Waals surface area contributed by atoms with E-state index in [-0.39, 0.29) is 11.5 Å². The number of hydrogen-bond donors (Lipinski definition) is 0. The molecule has 2 aliphatic heterocycles. The highest BCUT2D eigenvalue weighted by atomic mass is 32.1. The summed E-state index contributed by atoms with van der Waals surface area (Å²) in [6, 6.07) is 17.9. The third-order valence-corrected chi connectivity index (χ3v) is 9.05. The first kappa shape index (κ1) is 23.9. The third kappa shape index (κ3) is 4.35. The number of rotatable bonds is 9. The zero-order chi connectivity index (χ0) is 24.4. The van der Waals surface area contributed by atoms with Gasteiger partial charge in [-0.25, -0.2) is 5.01 Å².